The maximum Gasteiger partial charge on any atom is 0.00622 e. The smallest absolute Gasteiger partial charge is 0.00622 e. The average Bonchev–Trinajstić information content (AvgIpc) is 3.09. The first-order valence-electron chi connectivity index (χ1n) is 7.81. The van der Waals surface area contributed by atoms with E-state index in [4.69, 9.17) is 0 Å². The molecule has 0 saturated carbocycles. The molecule has 0 atom stereocenters. The van der Waals surface area contributed by atoms with Crippen molar-refractivity contribution in [1.82, 2.24) is 0 Å². The van der Waals surface area contributed by atoms with Gasteiger partial charge in [0, 0.05) is 31.0 Å². The Bertz CT molecular complexity index is 840. The molecule has 1 aromatic heterocycles. The molecule has 0 fully saturated rings. The molecule has 0 unspecified atom stereocenters. The molecule has 0 spiro atoms. The van der Waals surface area contributed by atoms with Gasteiger partial charge in [0.2, 0.25) is 0 Å². The van der Waals surface area contributed by atoms with Gasteiger partial charge < -0.3 is 0 Å². The number of hydrogen-bond donors (Lipinski definition) is 0. The zero-order chi connectivity index (χ0) is 15.5. The fourth-order valence-corrected chi connectivity index (χ4v) is 5.51. The van der Waals surface area contributed by atoms with Crippen LogP contribution in [0.1, 0.15) is 0 Å². The van der Waals surface area contributed by atoms with Gasteiger partial charge in [-0.25, -0.2) is 0 Å². The second kappa shape index (κ2) is 7.78. The third kappa shape index (κ3) is 3.31. The fraction of sp³-hybridized carbons (Fsp3) is 0. The van der Waals surface area contributed by atoms with E-state index in [9.17, 15) is 0 Å². The zero-order valence-electron chi connectivity index (χ0n) is 13.1. The van der Waals surface area contributed by atoms with Gasteiger partial charge in [-0.3, -0.25) is 0 Å². The van der Waals surface area contributed by atoms with Gasteiger partial charge in [-0.2, -0.15) is 0 Å². The van der Waals surface area contributed by atoms with Crippen molar-refractivity contribution in [3.8, 4) is 27.0 Å². The molecule has 4 aromatic rings. The predicted molar refractivity (Wildman–Crippen MR) is 101 cm³/mol. The van der Waals surface area contributed by atoms with Crippen molar-refractivity contribution in [3.05, 3.63) is 103 Å². The molecule has 24 heavy (non-hydrogen) atoms. The minimum Gasteiger partial charge on any atom is -0.0773 e. The van der Waals surface area contributed by atoms with Gasteiger partial charge in [0.05, 0.1) is 0 Å². The first-order valence-corrected chi connectivity index (χ1v) is 9.16. The molecular formula is C22H17PPd. The largest absolute Gasteiger partial charge is 0.0773 e. The van der Waals surface area contributed by atoms with Gasteiger partial charge >= 0.3 is 0 Å². The van der Waals surface area contributed by atoms with Crippen molar-refractivity contribution in [3.63, 3.8) is 0 Å². The molecule has 1 heterocycles. The molecule has 0 aliphatic carbocycles. The number of hydrogen-bond acceptors (Lipinski definition) is 0. The zero-order valence-corrected chi connectivity index (χ0v) is 15.5. The van der Waals surface area contributed by atoms with E-state index in [1.54, 1.807) is 0 Å². The first-order chi connectivity index (χ1) is 11.4. The standard InChI is InChI=1S/C22H17P.Pd/c1-4-10-18(11-5-1)21-16-17-22(19-12-6-2-7-13-19)23(21)20-14-8-3-9-15-20;/h1-17H;. The van der Waals surface area contributed by atoms with Crippen LogP contribution in [0.2, 0.25) is 0 Å². The Morgan fingerprint density at radius 2 is 0.792 bits per heavy atom. The minimum atomic E-state index is -0.497. The molecule has 0 N–H and O–H groups in total. The van der Waals surface area contributed by atoms with Crippen LogP contribution in [-0.4, -0.2) is 0 Å². The van der Waals surface area contributed by atoms with Gasteiger partial charge in [-0.15, -0.1) is 0 Å². The summed E-state index contributed by atoms with van der Waals surface area (Å²) in [5.74, 6) is 0. The van der Waals surface area contributed by atoms with Crippen molar-refractivity contribution >= 4 is 7.53 Å². The summed E-state index contributed by atoms with van der Waals surface area (Å²) in [6.07, 6.45) is 0. The molecule has 0 amide bonds. The van der Waals surface area contributed by atoms with Crippen molar-refractivity contribution in [2.45, 2.75) is 0 Å². The molecule has 3 aromatic carbocycles. The van der Waals surface area contributed by atoms with Crippen molar-refractivity contribution < 1.29 is 20.4 Å². The van der Waals surface area contributed by atoms with E-state index < -0.39 is 7.53 Å². The average molecular weight is 419 g/mol. The molecule has 0 radical (unpaired) electrons. The Kier molecular flexibility index (Phi) is 5.49. The van der Waals surface area contributed by atoms with E-state index >= 15 is 0 Å². The fourth-order valence-electron chi connectivity index (χ4n) is 2.96. The number of rotatable bonds is 3. The van der Waals surface area contributed by atoms with Gasteiger partial charge in [0.15, 0.2) is 0 Å². The molecule has 0 nitrogen and oxygen atoms in total. The van der Waals surface area contributed by atoms with Gasteiger partial charge in [0.25, 0.3) is 0 Å². The molecule has 0 bridgehead atoms. The SMILES string of the molecule is [Pd].c1ccc(-c2ccc(-c3ccccc3)p2-c2ccccc2)cc1. The van der Waals surface area contributed by atoms with Crippen LogP contribution >= 0.6 is 7.53 Å². The number of benzene rings is 3. The molecule has 0 aliphatic heterocycles. The van der Waals surface area contributed by atoms with Crippen molar-refractivity contribution in [2.24, 2.45) is 0 Å². The summed E-state index contributed by atoms with van der Waals surface area (Å²) < 4.78 is 0. The van der Waals surface area contributed by atoms with E-state index in [1.165, 1.54) is 27.0 Å². The van der Waals surface area contributed by atoms with Crippen LogP contribution < -0.4 is 0 Å². The van der Waals surface area contributed by atoms with Gasteiger partial charge in [-0.05, 0) is 28.6 Å². The van der Waals surface area contributed by atoms with Crippen molar-refractivity contribution in [2.75, 3.05) is 0 Å². The Labute approximate surface area is 157 Å². The van der Waals surface area contributed by atoms with Crippen LogP contribution in [-0.2, 0) is 20.4 Å². The second-order valence-electron chi connectivity index (χ2n) is 5.51. The van der Waals surface area contributed by atoms with Crippen LogP contribution in [0.15, 0.2) is 103 Å². The van der Waals surface area contributed by atoms with E-state index in [0.717, 1.165) is 0 Å². The summed E-state index contributed by atoms with van der Waals surface area (Å²) >= 11 is 0. The maximum absolute atomic E-state index is 2.30. The quantitative estimate of drug-likeness (QED) is 0.314. The molecule has 120 valence electrons. The summed E-state index contributed by atoms with van der Waals surface area (Å²) in [6, 6.07) is 37.0. The maximum atomic E-state index is 2.30. The van der Waals surface area contributed by atoms with Crippen LogP contribution in [0.3, 0.4) is 0 Å². The predicted octanol–water partition coefficient (Wildman–Crippen LogP) is 6.99. The monoisotopic (exact) mass is 418 g/mol. The third-order valence-electron chi connectivity index (χ3n) is 4.03. The first kappa shape index (κ1) is 16.9. The van der Waals surface area contributed by atoms with Gasteiger partial charge in [-0.1, -0.05) is 98.5 Å². The van der Waals surface area contributed by atoms with Crippen LogP contribution in [0.5, 0.6) is 0 Å². The van der Waals surface area contributed by atoms with E-state index in [-0.39, 0.29) is 20.4 Å². The topological polar surface area (TPSA) is 0 Å². The van der Waals surface area contributed by atoms with Gasteiger partial charge in [0.1, 0.15) is 0 Å². The molecule has 0 aliphatic rings. The normalized spacial score (nSPS) is 10.2. The van der Waals surface area contributed by atoms with E-state index in [1.807, 2.05) is 0 Å². The van der Waals surface area contributed by atoms with E-state index in [0.29, 0.717) is 0 Å². The van der Waals surface area contributed by atoms with Crippen molar-refractivity contribution in [1.29, 1.82) is 0 Å². The Morgan fingerprint density at radius 3 is 1.21 bits per heavy atom. The summed E-state index contributed by atoms with van der Waals surface area (Å²) in [6.45, 7) is 0. The van der Waals surface area contributed by atoms with Crippen LogP contribution in [0, 0.1) is 0 Å². The minimum absolute atomic E-state index is 0. The Morgan fingerprint density at radius 1 is 0.417 bits per heavy atom. The third-order valence-corrected chi connectivity index (χ3v) is 6.63. The Hall–Kier alpha value is -1.90. The summed E-state index contributed by atoms with van der Waals surface area (Å²) in [5.41, 5.74) is 2.65. The molecule has 0 saturated heterocycles. The van der Waals surface area contributed by atoms with Crippen LogP contribution in [0.4, 0.5) is 0 Å². The van der Waals surface area contributed by atoms with E-state index in [2.05, 4.69) is 103 Å². The second-order valence-corrected chi connectivity index (χ2v) is 7.66. The molecular weight excluding hydrogens is 402 g/mol. The molecule has 2 heteroatoms. The Balaban J connectivity index is 0.00000169. The van der Waals surface area contributed by atoms with Crippen LogP contribution in [0.25, 0.3) is 27.0 Å². The summed E-state index contributed by atoms with van der Waals surface area (Å²) in [5, 5.41) is 4.28. The summed E-state index contributed by atoms with van der Waals surface area (Å²) in [4.78, 5) is 0. The summed E-state index contributed by atoms with van der Waals surface area (Å²) in [7, 11) is -0.497. The molecule has 4 rings (SSSR count).